The molecule has 2 rings (SSSR count). The summed E-state index contributed by atoms with van der Waals surface area (Å²) in [4.78, 5) is 0.263. The van der Waals surface area contributed by atoms with Crippen molar-refractivity contribution in [1.29, 1.82) is 0 Å². The third-order valence-electron chi connectivity index (χ3n) is 4.30. The Bertz CT molecular complexity index is 635. The van der Waals surface area contributed by atoms with Gasteiger partial charge in [0.15, 0.2) is 0 Å². The monoisotopic (exact) mass is 378 g/mol. The summed E-state index contributed by atoms with van der Waals surface area (Å²) in [5, 5.41) is 3.36. The van der Waals surface area contributed by atoms with Gasteiger partial charge in [-0.2, -0.15) is 0 Å². The second-order valence-electron chi connectivity index (χ2n) is 6.16. The lowest BCUT2D eigenvalue weighted by atomic mass is 9.99. The van der Waals surface area contributed by atoms with Gasteiger partial charge in [-0.1, -0.05) is 0 Å². The first-order valence-corrected chi connectivity index (χ1v) is 9.21. The summed E-state index contributed by atoms with van der Waals surface area (Å²) in [7, 11) is -0.359. The normalized spacial score (nSPS) is 20.7. The summed E-state index contributed by atoms with van der Waals surface area (Å²) in [6.07, 6.45) is 1.91. The highest BCUT2D eigenvalue weighted by molar-refractivity contribution is 7.89. The molecule has 0 radical (unpaired) electrons. The van der Waals surface area contributed by atoms with Crippen LogP contribution in [0.25, 0.3) is 0 Å². The molecule has 1 aliphatic heterocycles. The maximum Gasteiger partial charge on any atom is 0.240 e. The minimum atomic E-state index is -3.58. The van der Waals surface area contributed by atoms with Crippen molar-refractivity contribution in [1.82, 2.24) is 10.0 Å². The lowest BCUT2D eigenvalue weighted by Crippen LogP contribution is -2.52. The second kappa shape index (κ2) is 8.49. The Balaban J connectivity index is 0.00000288. The Morgan fingerprint density at radius 1 is 1.25 bits per heavy atom. The molecule has 1 aromatic carbocycles. The van der Waals surface area contributed by atoms with Gasteiger partial charge in [-0.05, 0) is 56.5 Å². The van der Waals surface area contributed by atoms with E-state index in [1.165, 1.54) is 0 Å². The average Bonchev–Trinajstić information content (AvgIpc) is 2.94. The number of ether oxygens (including phenoxy) is 2. The van der Waals surface area contributed by atoms with Crippen molar-refractivity contribution < 1.29 is 17.9 Å². The van der Waals surface area contributed by atoms with Gasteiger partial charge in [0.25, 0.3) is 0 Å². The van der Waals surface area contributed by atoms with Crippen LogP contribution in [0.3, 0.4) is 0 Å². The number of benzene rings is 1. The van der Waals surface area contributed by atoms with Gasteiger partial charge >= 0.3 is 0 Å². The quantitative estimate of drug-likeness (QED) is 0.756. The summed E-state index contributed by atoms with van der Waals surface area (Å²) in [6.45, 7) is 5.36. The molecule has 0 spiro atoms. The molecule has 0 aliphatic carbocycles. The summed E-state index contributed by atoms with van der Waals surface area (Å²) in [5.74, 6) is 0.720. The molecule has 1 heterocycles. The third-order valence-corrected chi connectivity index (χ3v) is 5.68. The van der Waals surface area contributed by atoms with Gasteiger partial charge < -0.3 is 14.8 Å². The molecule has 0 bridgehead atoms. The molecule has 1 fully saturated rings. The Kier molecular flexibility index (Phi) is 7.49. The van der Waals surface area contributed by atoms with Crippen molar-refractivity contribution in [2.24, 2.45) is 0 Å². The Morgan fingerprint density at radius 2 is 1.88 bits per heavy atom. The molecule has 1 atom stereocenters. The van der Waals surface area contributed by atoms with Crippen LogP contribution in [0.1, 0.15) is 24.0 Å². The highest BCUT2D eigenvalue weighted by Crippen LogP contribution is 2.27. The molecular formula is C16H27ClN2O4S. The van der Waals surface area contributed by atoms with Crippen LogP contribution in [0.15, 0.2) is 17.0 Å². The second-order valence-corrected chi connectivity index (χ2v) is 7.93. The predicted octanol–water partition coefficient (Wildman–Crippen LogP) is 1.78. The molecule has 2 N–H and O–H groups in total. The molecular weight excluding hydrogens is 352 g/mol. The largest absolute Gasteiger partial charge is 0.496 e. The zero-order valence-corrected chi connectivity index (χ0v) is 16.3. The first-order valence-electron chi connectivity index (χ1n) is 7.72. The van der Waals surface area contributed by atoms with Crippen molar-refractivity contribution in [2.75, 3.05) is 33.9 Å². The van der Waals surface area contributed by atoms with E-state index >= 15 is 0 Å². The van der Waals surface area contributed by atoms with Crippen LogP contribution in [-0.4, -0.2) is 47.9 Å². The molecule has 0 aromatic heterocycles. The van der Waals surface area contributed by atoms with Gasteiger partial charge in [-0.15, -0.1) is 12.4 Å². The standard InChI is InChI=1S/C16H26N2O4S.ClH/c1-12-8-14(9-13(2)15(12)22-4)23(19,20)18-10-16(11-21-3)6-5-7-17-16;/h8-9,17-18H,5-7,10-11H2,1-4H3;1H. The zero-order chi connectivity index (χ0) is 17.1. The minimum Gasteiger partial charge on any atom is -0.496 e. The van der Waals surface area contributed by atoms with Gasteiger partial charge in [-0.25, -0.2) is 13.1 Å². The first kappa shape index (κ1) is 21.2. The highest BCUT2D eigenvalue weighted by atomic mass is 35.5. The molecule has 1 unspecified atom stereocenters. The topological polar surface area (TPSA) is 76.7 Å². The van der Waals surface area contributed by atoms with E-state index in [2.05, 4.69) is 10.0 Å². The summed E-state index contributed by atoms with van der Waals surface area (Å²) in [5.41, 5.74) is 1.29. The van der Waals surface area contributed by atoms with Crippen molar-refractivity contribution in [3.05, 3.63) is 23.3 Å². The van der Waals surface area contributed by atoms with Crippen LogP contribution in [-0.2, 0) is 14.8 Å². The SMILES string of the molecule is COCC1(CNS(=O)(=O)c2cc(C)c(OC)c(C)c2)CCCN1.Cl. The lowest BCUT2D eigenvalue weighted by molar-refractivity contribution is 0.122. The van der Waals surface area contributed by atoms with Crippen molar-refractivity contribution >= 4 is 22.4 Å². The van der Waals surface area contributed by atoms with Crippen LogP contribution < -0.4 is 14.8 Å². The maximum absolute atomic E-state index is 12.6. The van der Waals surface area contributed by atoms with E-state index in [0.29, 0.717) is 13.2 Å². The third kappa shape index (κ3) is 4.61. The van der Waals surface area contributed by atoms with Crippen LogP contribution in [0.4, 0.5) is 0 Å². The van der Waals surface area contributed by atoms with Crippen molar-refractivity contribution in [3.63, 3.8) is 0 Å². The minimum absolute atomic E-state index is 0. The molecule has 6 nitrogen and oxygen atoms in total. The number of aryl methyl sites for hydroxylation is 2. The average molecular weight is 379 g/mol. The number of rotatable bonds is 7. The van der Waals surface area contributed by atoms with E-state index < -0.39 is 10.0 Å². The van der Waals surface area contributed by atoms with Crippen LogP contribution in [0.2, 0.25) is 0 Å². The van der Waals surface area contributed by atoms with Gasteiger partial charge in [0.1, 0.15) is 5.75 Å². The molecule has 1 aliphatic rings. The summed E-state index contributed by atoms with van der Waals surface area (Å²) in [6, 6.07) is 3.28. The van der Waals surface area contributed by atoms with Gasteiger partial charge in [0.05, 0.1) is 24.2 Å². The van der Waals surface area contributed by atoms with E-state index in [0.717, 1.165) is 36.3 Å². The Labute approximate surface area is 150 Å². The van der Waals surface area contributed by atoms with Crippen LogP contribution in [0.5, 0.6) is 5.75 Å². The maximum atomic E-state index is 12.6. The fourth-order valence-electron chi connectivity index (χ4n) is 3.17. The van der Waals surface area contributed by atoms with Gasteiger partial charge in [0.2, 0.25) is 10.0 Å². The van der Waals surface area contributed by atoms with E-state index in [1.807, 2.05) is 13.8 Å². The predicted molar refractivity (Wildman–Crippen MR) is 96.7 cm³/mol. The number of halogens is 1. The summed E-state index contributed by atoms with van der Waals surface area (Å²) >= 11 is 0. The van der Waals surface area contributed by atoms with Crippen LogP contribution >= 0.6 is 12.4 Å². The lowest BCUT2D eigenvalue weighted by Gasteiger charge is -2.29. The fourth-order valence-corrected chi connectivity index (χ4v) is 4.47. The first-order chi connectivity index (χ1) is 10.8. The smallest absolute Gasteiger partial charge is 0.240 e. The molecule has 0 amide bonds. The van der Waals surface area contributed by atoms with Crippen molar-refractivity contribution in [2.45, 2.75) is 37.1 Å². The number of hydrogen-bond donors (Lipinski definition) is 2. The summed E-state index contributed by atoms with van der Waals surface area (Å²) < 4.78 is 38.5. The molecule has 138 valence electrons. The van der Waals surface area contributed by atoms with Crippen molar-refractivity contribution in [3.8, 4) is 5.75 Å². The van der Waals surface area contributed by atoms with E-state index in [9.17, 15) is 8.42 Å². The number of hydrogen-bond acceptors (Lipinski definition) is 5. The molecule has 8 heteroatoms. The molecule has 24 heavy (non-hydrogen) atoms. The molecule has 1 aromatic rings. The Morgan fingerprint density at radius 3 is 2.33 bits per heavy atom. The van der Waals surface area contributed by atoms with Gasteiger partial charge in [-0.3, -0.25) is 0 Å². The molecule has 1 saturated heterocycles. The van der Waals surface area contributed by atoms with E-state index in [-0.39, 0.29) is 22.8 Å². The number of methoxy groups -OCH3 is 2. The fraction of sp³-hybridized carbons (Fsp3) is 0.625. The zero-order valence-electron chi connectivity index (χ0n) is 14.6. The van der Waals surface area contributed by atoms with Crippen LogP contribution in [0, 0.1) is 13.8 Å². The Hall–Kier alpha value is -0.860. The number of sulfonamides is 1. The van der Waals surface area contributed by atoms with E-state index in [4.69, 9.17) is 9.47 Å². The molecule has 0 saturated carbocycles. The number of nitrogens with one attached hydrogen (secondary N) is 2. The highest BCUT2D eigenvalue weighted by Gasteiger charge is 2.34. The van der Waals surface area contributed by atoms with Gasteiger partial charge in [0, 0.05) is 13.7 Å². The van der Waals surface area contributed by atoms with E-state index in [1.54, 1.807) is 26.4 Å².